The normalized spacial score (nSPS) is 22.2. The number of carbonyl (C=O) groups excluding carboxylic acids is 1. The molecule has 0 bridgehead atoms. The van der Waals surface area contributed by atoms with Gasteiger partial charge in [-0.3, -0.25) is 4.79 Å². The zero-order chi connectivity index (χ0) is 18.3. The number of rotatable bonds is 3. The third kappa shape index (κ3) is 3.00. The Bertz CT molecular complexity index is 929. The van der Waals surface area contributed by atoms with Crippen LogP contribution in [0.1, 0.15) is 18.4 Å². The van der Waals surface area contributed by atoms with Gasteiger partial charge in [0.25, 0.3) is 5.91 Å². The summed E-state index contributed by atoms with van der Waals surface area (Å²) in [4.78, 5) is 14.4. The predicted molar refractivity (Wildman–Crippen MR) is 96.5 cm³/mol. The molecule has 3 heterocycles. The van der Waals surface area contributed by atoms with E-state index in [9.17, 15) is 13.2 Å². The van der Waals surface area contributed by atoms with Crippen LogP contribution in [0.15, 0.2) is 17.0 Å². The Morgan fingerprint density at radius 2 is 2.00 bits per heavy atom. The molecule has 0 unspecified atom stereocenters. The van der Waals surface area contributed by atoms with Gasteiger partial charge in [0.1, 0.15) is 22.0 Å². The van der Waals surface area contributed by atoms with E-state index in [4.69, 9.17) is 4.74 Å². The Balaban J connectivity index is 1.54. The van der Waals surface area contributed by atoms with Gasteiger partial charge in [-0.25, -0.2) is 8.42 Å². The van der Waals surface area contributed by atoms with Gasteiger partial charge in [0.15, 0.2) is 0 Å². The molecular weight excluding hydrogens is 376 g/mol. The highest BCUT2D eigenvalue weighted by Gasteiger charge is 2.35. The molecule has 1 aromatic heterocycles. The number of ether oxygens (including phenoxy) is 1. The first-order valence-electron chi connectivity index (χ1n) is 8.61. The van der Waals surface area contributed by atoms with Crippen molar-refractivity contribution in [3.8, 4) is 0 Å². The number of aryl methyl sites for hydroxylation is 1. The van der Waals surface area contributed by atoms with Crippen LogP contribution in [0.3, 0.4) is 0 Å². The van der Waals surface area contributed by atoms with E-state index in [1.165, 1.54) is 4.31 Å². The molecule has 2 fully saturated rings. The number of nitrogens with zero attached hydrogens (tertiary/aromatic N) is 4. The first-order valence-corrected chi connectivity index (χ1v) is 10.8. The minimum Gasteiger partial charge on any atom is -0.368 e. The first kappa shape index (κ1) is 17.8. The van der Waals surface area contributed by atoms with E-state index in [1.807, 2.05) is 0 Å². The molecule has 0 spiro atoms. The van der Waals surface area contributed by atoms with Gasteiger partial charge in [0.05, 0.1) is 11.7 Å². The van der Waals surface area contributed by atoms with E-state index >= 15 is 0 Å². The van der Waals surface area contributed by atoms with Crippen LogP contribution < -0.4 is 0 Å². The van der Waals surface area contributed by atoms with Crippen molar-refractivity contribution in [3.63, 3.8) is 0 Å². The summed E-state index contributed by atoms with van der Waals surface area (Å²) in [6.45, 7) is 3.69. The number of aromatic nitrogens is 2. The second-order valence-electron chi connectivity index (χ2n) is 6.57. The van der Waals surface area contributed by atoms with Crippen LogP contribution in [0.5, 0.6) is 0 Å². The summed E-state index contributed by atoms with van der Waals surface area (Å²) in [5.74, 6) is -0.0264. The fourth-order valence-corrected chi connectivity index (χ4v) is 5.88. The average molecular weight is 396 g/mol. The molecule has 2 saturated heterocycles. The molecule has 0 aliphatic carbocycles. The van der Waals surface area contributed by atoms with Gasteiger partial charge < -0.3 is 9.64 Å². The molecule has 0 saturated carbocycles. The summed E-state index contributed by atoms with van der Waals surface area (Å²) in [5.41, 5.74) is 1.67. The van der Waals surface area contributed by atoms with Crippen LogP contribution in [0.4, 0.5) is 0 Å². The smallest absolute Gasteiger partial charge is 0.251 e. The first-order chi connectivity index (χ1) is 12.5. The second-order valence-corrected chi connectivity index (χ2v) is 8.98. The van der Waals surface area contributed by atoms with Crippen molar-refractivity contribution in [3.05, 3.63) is 17.7 Å². The highest BCUT2D eigenvalue weighted by molar-refractivity contribution is 7.89. The van der Waals surface area contributed by atoms with Crippen molar-refractivity contribution in [1.29, 1.82) is 0 Å². The van der Waals surface area contributed by atoms with E-state index in [0.717, 1.165) is 24.6 Å². The van der Waals surface area contributed by atoms with Crippen LogP contribution in [-0.2, 0) is 19.6 Å². The number of amides is 1. The van der Waals surface area contributed by atoms with Crippen molar-refractivity contribution >= 4 is 38.7 Å². The highest BCUT2D eigenvalue weighted by Crippen LogP contribution is 2.28. The second kappa shape index (κ2) is 6.84. The lowest BCUT2D eigenvalue weighted by Crippen LogP contribution is -2.52. The Labute approximate surface area is 156 Å². The van der Waals surface area contributed by atoms with Gasteiger partial charge in [0.2, 0.25) is 10.0 Å². The van der Waals surface area contributed by atoms with Crippen LogP contribution in [0.2, 0.25) is 0 Å². The van der Waals surface area contributed by atoms with Gasteiger partial charge in [-0.1, -0.05) is 6.07 Å². The summed E-state index contributed by atoms with van der Waals surface area (Å²) in [7, 11) is -3.69. The SMILES string of the molecule is Cc1ccc2nsnc2c1S(=O)(=O)N1CCN(C(=O)[C@H]2CCCO2)CC1. The van der Waals surface area contributed by atoms with Gasteiger partial charge >= 0.3 is 0 Å². The molecular formula is C16H20N4O4S2. The Morgan fingerprint density at radius 3 is 2.69 bits per heavy atom. The van der Waals surface area contributed by atoms with Crippen molar-refractivity contribution in [2.24, 2.45) is 0 Å². The van der Waals surface area contributed by atoms with Crippen molar-refractivity contribution < 1.29 is 17.9 Å². The average Bonchev–Trinajstić information content (AvgIpc) is 3.32. The lowest BCUT2D eigenvalue weighted by Gasteiger charge is -2.35. The zero-order valence-corrected chi connectivity index (χ0v) is 16.1. The maximum atomic E-state index is 13.2. The molecule has 2 aliphatic rings. The molecule has 0 N–H and O–H groups in total. The van der Waals surface area contributed by atoms with E-state index < -0.39 is 10.0 Å². The topological polar surface area (TPSA) is 92.7 Å². The third-order valence-corrected chi connectivity index (χ3v) is 7.55. The largest absolute Gasteiger partial charge is 0.368 e. The molecule has 0 radical (unpaired) electrons. The number of hydrogen-bond acceptors (Lipinski definition) is 7. The van der Waals surface area contributed by atoms with E-state index in [2.05, 4.69) is 8.75 Å². The summed E-state index contributed by atoms with van der Waals surface area (Å²) in [5, 5.41) is 0. The fourth-order valence-electron chi connectivity index (χ4n) is 3.51. The predicted octanol–water partition coefficient (Wildman–Crippen LogP) is 1.01. The third-order valence-electron chi connectivity index (χ3n) is 4.93. The molecule has 2 aromatic rings. The minimum absolute atomic E-state index is 0.0264. The number of benzene rings is 1. The number of piperazine rings is 1. The maximum absolute atomic E-state index is 13.2. The molecule has 8 nitrogen and oxygen atoms in total. The molecule has 26 heavy (non-hydrogen) atoms. The molecule has 140 valence electrons. The lowest BCUT2D eigenvalue weighted by molar-refractivity contribution is -0.142. The highest BCUT2D eigenvalue weighted by atomic mass is 32.2. The molecule has 1 atom stereocenters. The van der Waals surface area contributed by atoms with Crippen LogP contribution >= 0.6 is 11.7 Å². The molecule has 1 amide bonds. The number of sulfonamides is 1. The molecule has 1 aromatic carbocycles. The quantitative estimate of drug-likeness (QED) is 0.769. The van der Waals surface area contributed by atoms with Crippen molar-refractivity contribution in [2.75, 3.05) is 32.8 Å². The van der Waals surface area contributed by atoms with E-state index in [-0.39, 0.29) is 30.0 Å². The number of hydrogen-bond donors (Lipinski definition) is 0. The van der Waals surface area contributed by atoms with Crippen LogP contribution in [0, 0.1) is 6.92 Å². The minimum atomic E-state index is -3.69. The van der Waals surface area contributed by atoms with Gasteiger partial charge in [-0.05, 0) is 31.4 Å². The van der Waals surface area contributed by atoms with E-state index in [1.54, 1.807) is 24.0 Å². The van der Waals surface area contributed by atoms with Crippen molar-refractivity contribution in [2.45, 2.75) is 30.8 Å². The van der Waals surface area contributed by atoms with E-state index in [0.29, 0.717) is 36.3 Å². The molecule has 2 aliphatic heterocycles. The zero-order valence-electron chi connectivity index (χ0n) is 14.4. The Hall–Kier alpha value is -1.62. The van der Waals surface area contributed by atoms with Crippen molar-refractivity contribution in [1.82, 2.24) is 18.0 Å². The summed E-state index contributed by atoms with van der Waals surface area (Å²) in [6, 6.07) is 3.54. The summed E-state index contributed by atoms with van der Waals surface area (Å²) >= 11 is 1.01. The lowest BCUT2D eigenvalue weighted by atomic mass is 10.2. The molecule has 4 rings (SSSR count). The van der Waals surface area contributed by atoms with Gasteiger partial charge in [-0.15, -0.1) is 0 Å². The summed E-state index contributed by atoms with van der Waals surface area (Å²) in [6.07, 6.45) is 1.28. The number of fused-ring (bicyclic) bond motifs is 1. The standard InChI is InChI=1S/C16H20N4O4S2/c1-11-4-5-12-14(18-25-17-12)15(11)26(22,23)20-8-6-19(7-9-20)16(21)13-3-2-10-24-13/h4-5,13H,2-3,6-10H2,1H3/t13-/m1/s1. The van der Waals surface area contributed by atoms with Gasteiger partial charge in [0, 0.05) is 32.8 Å². The Kier molecular flexibility index (Phi) is 4.68. The van der Waals surface area contributed by atoms with Crippen LogP contribution in [-0.4, -0.2) is 71.2 Å². The fraction of sp³-hybridized carbons (Fsp3) is 0.562. The van der Waals surface area contributed by atoms with Gasteiger partial charge in [-0.2, -0.15) is 13.1 Å². The molecule has 10 heteroatoms. The number of carbonyl (C=O) groups is 1. The van der Waals surface area contributed by atoms with Crippen LogP contribution in [0.25, 0.3) is 11.0 Å². The Morgan fingerprint density at radius 1 is 1.23 bits per heavy atom. The monoisotopic (exact) mass is 396 g/mol. The summed E-state index contributed by atoms with van der Waals surface area (Å²) < 4.78 is 41.6. The maximum Gasteiger partial charge on any atom is 0.251 e.